The molecule has 0 aliphatic carbocycles. The van der Waals surface area contributed by atoms with E-state index in [0.717, 1.165) is 33.5 Å². The minimum absolute atomic E-state index is 0.297. The third-order valence-electron chi connectivity index (χ3n) is 8.23. The Morgan fingerprint density at radius 1 is 0.905 bits per heavy atom. The lowest BCUT2D eigenvalue weighted by molar-refractivity contribution is 0.817. The van der Waals surface area contributed by atoms with Gasteiger partial charge in [0.15, 0.2) is 0 Å². The number of H-pyrrole nitrogens is 1. The lowest BCUT2D eigenvalue weighted by Crippen LogP contribution is -2.09. The molecule has 0 aliphatic heterocycles. The minimum Gasteiger partial charge on any atom is -0.398 e. The first-order chi connectivity index (χ1) is 20.3. The number of nitrogen functional groups attached to an aromatic ring is 1. The Morgan fingerprint density at radius 3 is 2.45 bits per heavy atom. The van der Waals surface area contributed by atoms with Crippen LogP contribution in [0.3, 0.4) is 0 Å². The maximum Gasteiger partial charge on any atom is 0.0999 e. The van der Waals surface area contributed by atoms with Gasteiger partial charge in [0.05, 0.1) is 11.6 Å². The summed E-state index contributed by atoms with van der Waals surface area (Å²) in [6.07, 6.45) is 5.04. The van der Waals surface area contributed by atoms with E-state index >= 15 is 0 Å². The van der Waals surface area contributed by atoms with Crippen LogP contribution in [0.25, 0.3) is 21.8 Å². The van der Waals surface area contributed by atoms with Gasteiger partial charge in [-0.05, 0) is 78.3 Å². The molecular formula is C36H34N4S2. The highest BCUT2D eigenvalue weighted by Gasteiger charge is 2.23. The van der Waals surface area contributed by atoms with E-state index in [0.29, 0.717) is 11.5 Å². The summed E-state index contributed by atoms with van der Waals surface area (Å²) < 4.78 is 2.20. The molecule has 4 nitrogen and oxygen atoms in total. The number of hydrogen-bond donors (Lipinski definition) is 2. The highest BCUT2D eigenvalue weighted by Crippen LogP contribution is 2.46. The van der Waals surface area contributed by atoms with Crippen molar-refractivity contribution in [3.8, 4) is 6.07 Å². The van der Waals surface area contributed by atoms with Gasteiger partial charge in [-0.2, -0.15) is 5.26 Å². The van der Waals surface area contributed by atoms with E-state index in [2.05, 4.69) is 105 Å². The fraction of sp³-hybridized carbons (Fsp3) is 0.194. The minimum atomic E-state index is 0.297. The molecule has 0 unspecified atom stereocenters. The van der Waals surface area contributed by atoms with E-state index < -0.39 is 0 Å². The molecule has 0 aliphatic rings. The van der Waals surface area contributed by atoms with E-state index in [-0.39, 0.29) is 0 Å². The van der Waals surface area contributed by atoms with Crippen molar-refractivity contribution in [2.45, 2.75) is 59.6 Å². The fourth-order valence-corrected chi connectivity index (χ4v) is 8.45. The zero-order valence-corrected chi connectivity index (χ0v) is 26.2. The summed E-state index contributed by atoms with van der Waals surface area (Å²) in [5, 5.41) is 12.0. The number of hydrogen-bond acceptors (Lipinski definition) is 4. The van der Waals surface area contributed by atoms with Gasteiger partial charge in [0.2, 0.25) is 0 Å². The second-order valence-corrected chi connectivity index (χ2v) is 13.3. The lowest BCUT2D eigenvalue weighted by Gasteiger charge is -2.25. The van der Waals surface area contributed by atoms with E-state index in [1.807, 2.05) is 24.4 Å². The third-order valence-corrected chi connectivity index (χ3v) is 10.6. The zero-order chi connectivity index (χ0) is 29.5. The molecule has 6 rings (SSSR count). The number of aromatic amines is 1. The molecule has 0 saturated heterocycles. The maximum atomic E-state index is 9.76. The van der Waals surface area contributed by atoms with Gasteiger partial charge in [-0.1, -0.05) is 79.8 Å². The van der Waals surface area contributed by atoms with Crippen LogP contribution in [0, 0.1) is 25.2 Å². The summed E-state index contributed by atoms with van der Waals surface area (Å²) in [7, 11) is 2.10. The highest BCUT2D eigenvalue weighted by molar-refractivity contribution is 8.00. The number of nitrogens with two attached hydrogens (primary N) is 1. The number of nitriles is 1. The monoisotopic (exact) mass is 586 g/mol. The second-order valence-electron chi connectivity index (χ2n) is 11.1. The topological polar surface area (TPSA) is 70.5 Å². The van der Waals surface area contributed by atoms with Gasteiger partial charge in [0.25, 0.3) is 0 Å². The number of nitrogens with one attached hydrogen (secondary N) is 1. The number of rotatable bonds is 7. The van der Waals surface area contributed by atoms with Crippen LogP contribution in [0.1, 0.15) is 53.1 Å². The first kappa shape index (κ1) is 28.1. The zero-order valence-electron chi connectivity index (χ0n) is 24.6. The number of para-hydroxylation sites is 1. The second kappa shape index (κ2) is 11.3. The predicted octanol–water partition coefficient (Wildman–Crippen LogP) is 9.75. The molecule has 0 bridgehead atoms. The molecule has 0 saturated carbocycles. The normalized spacial score (nSPS) is 11.5. The molecule has 6 heteroatoms. The van der Waals surface area contributed by atoms with Crippen molar-refractivity contribution in [3.63, 3.8) is 0 Å². The Kier molecular flexibility index (Phi) is 7.57. The number of anilines is 1. The molecule has 2 aromatic heterocycles. The number of fused-ring (bicyclic) bond motifs is 2. The highest BCUT2D eigenvalue weighted by atomic mass is 32.2. The number of aromatic nitrogens is 2. The molecule has 4 aromatic carbocycles. The van der Waals surface area contributed by atoms with Crippen LogP contribution in [0.4, 0.5) is 5.69 Å². The Balaban J connectivity index is 1.45. The van der Waals surface area contributed by atoms with Crippen LogP contribution in [0.5, 0.6) is 0 Å². The Labute approximate surface area is 255 Å². The van der Waals surface area contributed by atoms with Crippen LogP contribution in [0.2, 0.25) is 0 Å². The SMILES string of the molecule is Cc1c(C)c(Cc2ccccc2Sc2c[nH]c3cccc(C#N)c23)c(C(C)C)c(Sc2cn(C)c3ccccc23)c1N. The standard InChI is InChI=1S/C36H34N4S2/c1-21(2)33-27(22(3)23(4)35(38)36(33)42-32-20-40(5)29-15-8-7-13-26(29)32)17-24-11-6-9-16-30(24)41-31-19-39-28-14-10-12-25(18-37)34(28)31/h6-16,19-21,39H,17,38H2,1-5H3. The molecule has 2 heterocycles. The van der Waals surface area contributed by atoms with Crippen molar-refractivity contribution in [2.24, 2.45) is 7.05 Å². The molecule has 0 amide bonds. The third kappa shape index (κ3) is 4.87. The number of aryl methyl sites for hydroxylation is 1. The van der Waals surface area contributed by atoms with Gasteiger partial charge in [-0.25, -0.2) is 0 Å². The number of benzene rings is 4. The van der Waals surface area contributed by atoms with Crippen molar-refractivity contribution in [1.82, 2.24) is 9.55 Å². The van der Waals surface area contributed by atoms with Crippen LogP contribution in [-0.2, 0) is 13.5 Å². The average molecular weight is 587 g/mol. The first-order valence-electron chi connectivity index (χ1n) is 14.2. The molecule has 0 atom stereocenters. The molecule has 0 spiro atoms. The van der Waals surface area contributed by atoms with E-state index in [1.165, 1.54) is 47.8 Å². The fourth-order valence-electron chi connectivity index (χ4n) is 5.91. The van der Waals surface area contributed by atoms with Gasteiger partial charge in [-0.15, -0.1) is 0 Å². The molecule has 6 aromatic rings. The smallest absolute Gasteiger partial charge is 0.0999 e. The summed E-state index contributed by atoms with van der Waals surface area (Å²) in [4.78, 5) is 8.00. The van der Waals surface area contributed by atoms with Crippen LogP contribution >= 0.6 is 23.5 Å². The van der Waals surface area contributed by atoms with Crippen molar-refractivity contribution in [2.75, 3.05) is 5.73 Å². The molecule has 42 heavy (non-hydrogen) atoms. The Hall–Kier alpha value is -4.05. The molecule has 210 valence electrons. The quantitative estimate of drug-likeness (QED) is 0.183. The summed E-state index contributed by atoms with van der Waals surface area (Å²) in [5.74, 6) is 0.297. The Bertz CT molecular complexity index is 2010. The van der Waals surface area contributed by atoms with E-state index in [4.69, 9.17) is 5.73 Å². The van der Waals surface area contributed by atoms with Gasteiger partial charge in [-0.3, -0.25) is 0 Å². The number of nitrogens with zero attached hydrogens (tertiary/aromatic N) is 2. The largest absolute Gasteiger partial charge is 0.398 e. The van der Waals surface area contributed by atoms with Gasteiger partial charge in [0.1, 0.15) is 0 Å². The van der Waals surface area contributed by atoms with Gasteiger partial charge < -0.3 is 15.3 Å². The first-order valence-corrected chi connectivity index (χ1v) is 15.8. The molecule has 3 N–H and O–H groups in total. The van der Waals surface area contributed by atoms with Crippen LogP contribution in [-0.4, -0.2) is 9.55 Å². The molecule has 0 fully saturated rings. The average Bonchev–Trinajstić information content (AvgIpc) is 3.55. The predicted molar refractivity (Wildman–Crippen MR) is 178 cm³/mol. The van der Waals surface area contributed by atoms with Crippen molar-refractivity contribution in [1.29, 1.82) is 5.26 Å². The maximum absolute atomic E-state index is 9.76. The summed E-state index contributed by atoms with van der Waals surface area (Å²) in [6, 6.07) is 25.4. The van der Waals surface area contributed by atoms with Crippen molar-refractivity contribution in [3.05, 3.63) is 113 Å². The van der Waals surface area contributed by atoms with E-state index in [1.54, 1.807) is 23.5 Å². The lowest BCUT2D eigenvalue weighted by atomic mass is 9.86. The summed E-state index contributed by atoms with van der Waals surface area (Å²) in [6.45, 7) is 8.92. The van der Waals surface area contributed by atoms with Crippen LogP contribution in [0.15, 0.2) is 98.7 Å². The summed E-state index contributed by atoms with van der Waals surface area (Å²) >= 11 is 3.52. The van der Waals surface area contributed by atoms with Gasteiger partial charge >= 0.3 is 0 Å². The van der Waals surface area contributed by atoms with Crippen molar-refractivity contribution >= 4 is 51.0 Å². The van der Waals surface area contributed by atoms with E-state index in [9.17, 15) is 5.26 Å². The van der Waals surface area contributed by atoms with Gasteiger partial charge in [0, 0.05) is 66.5 Å². The molecular weight excluding hydrogens is 553 g/mol. The Morgan fingerprint density at radius 2 is 1.67 bits per heavy atom. The molecule has 0 radical (unpaired) electrons. The van der Waals surface area contributed by atoms with Crippen LogP contribution < -0.4 is 5.73 Å². The summed E-state index contributed by atoms with van der Waals surface area (Å²) in [5.41, 5.74) is 17.0. The van der Waals surface area contributed by atoms with Crippen molar-refractivity contribution < 1.29 is 0 Å².